The summed E-state index contributed by atoms with van der Waals surface area (Å²) in [6, 6.07) is -5.12. The highest BCUT2D eigenvalue weighted by Gasteiger charge is 2.43. The van der Waals surface area contributed by atoms with E-state index >= 15 is 0 Å². The molecule has 0 bridgehead atoms. The normalized spacial score (nSPS) is 24.1. The van der Waals surface area contributed by atoms with E-state index in [0.29, 0.717) is 44.9 Å². The number of unbranched alkanes of at least 4 members (excludes halogenated alkanes) is 2. The second kappa shape index (κ2) is 18.7. The van der Waals surface area contributed by atoms with Crippen LogP contribution in [0.2, 0.25) is 0 Å². The van der Waals surface area contributed by atoms with Gasteiger partial charge in [0.15, 0.2) is 0 Å². The van der Waals surface area contributed by atoms with Gasteiger partial charge in [0.2, 0.25) is 23.6 Å². The number of rotatable bonds is 11. The van der Waals surface area contributed by atoms with Crippen LogP contribution in [-0.2, 0) is 38.3 Å². The third-order valence-electron chi connectivity index (χ3n) is 8.24. The molecule has 5 atom stereocenters. The molecule has 2 rings (SSSR count). The number of imide groups is 1. The van der Waals surface area contributed by atoms with Crippen molar-refractivity contribution in [3.63, 3.8) is 0 Å². The van der Waals surface area contributed by atoms with Gasteiger partial charge >= 0.3 is 5.97 Å². The van der Waals surface area contributed by atoms with E-state index in [4.69, 9.17) is 10.5 Å². The molecular formula is C34H56N6O8. The standard InChI is InChI=1S/C34H56N6O8/c1-8-14-23(35)29-31(45)36-19-12-11-15-24(33(47)48-34(5,6)7)38-30(44)22(4)37-32(46)28(21(2)3)40(29)27(43)16-10-9-13-20-39-25(41)17-18-26(39)42/h17-18,21-24,28-29H,8-16,19-20,35H2,1-7H3,(H,36,45)(H,37,46)(H,38,44)/t22-,23-,24-,28-,29+/m0/s1. The minimum Gasteiger partial charge on any atom is -0.458 e. The summed E-state index contributed by atoms with van der Waals surface area (Å²) in [5, 5.41) is 8.30. The fourth-order valence-electron chi connectivity index (χ4n) is 5.83. The maximum Gasteiger partial charge on any atom is 0.329 e. The topological polar surface area (TPSA) is 197 Å². The summed E-state index contributed by atoms with van der Waals surface area (Å²) in [6.07, 6.45) is 6.07. The van der Waals surface area contributed by atoms with Gasteiger partial charge in [0.25, 0.3) is 11.8 Å². The van der Waals surface area contributed by atoms with Crippen molar-refractivity contribution in [3.05, 3.63) is 12.2 Å². The van der Waals surface area contributed by atoms with Crippen LogP contribution in [0.4, 0.5) is 0 Å². The zero-order valence-corrected chi connectivity index (χ0v) is 29.6. The van der Waals surface area contributed by atoms with Crippen molar-refractivity contribution in [2.24, 2.45) is 11.7 Å². The molecule has 1 fully saturated rings. The maximum absolute atomic E-state index is 14.1. The van der Waals surface area contributed by atoms with E-state index in [-0.39, 0.29) is 37.7 Å². The Hall–Kier alpha value is -3.81. The van der Waals surface area contributed by atoms with E-state index in [1.54, 1.807) is 34.6 Å². The molecule has 2 aliphatic heterocycles. The summed E-state index contributed by atoms with van der Waals surface area (Å²) < 4.78 is 5.52. The Kier molecular flexibility index (Phi) is 15.7. The zero-order chi connectivity index (χ0) is 36.2. The number of hydrogen-bond donors (Lipinski definition) is 4. The fraction of sp³-hybridized carbons (Fsp3) is 0.735. The number of carbonyl (C=O) groups is 7. The summed E-state index contributed by atoms with van der Waals surface area (Å²) in [5.74, 6) is -3.97. The predicted octanol–water partition coefficient (Wildman–Crippen LogP) is 1.45. The molecular weight excluding hydrogens is 620 g/mol. The van der Waals surface area contributed by atoms with Crippen molar-refractivity contribution in [3.8, 4) is 0 Å². The Morgan fingerprint density at radius 3 is 2.17 bits per heavy atom. The number of ether oxygens (including phenoxy) is 1. The summed E-state index contributed by atoms with van der Waals surface area (Å²) in [4.78, 5) is 94.3. The van der Waals surface area contributed by atoms with Crippen molar-refractivity contribution in [1.82, 2.24) is 25.8 Å². The lowest BCUT2D eigenvalue weighted by Crippen LogP contribution is -2.65. The van der Waals surface area contributed by atoms with Crippen LogP contribution in [0.25, 0.3) is 0 Å². The lowest BCUT2D eigenvalue weighted by Gasteiger charge is -2.41. The minimum absolute atomic E-state index is 0.00707. The molecule has 0 aromatic carbocycles. The van der Waals surface area contributed by atoms with Crippen molar-refractivity contribution in [2.75, 3.05) is 13.1 Å². The molecule has 0 unspecified atom stereocenters. The number of hydrogen-bond acceptors (Lipinski definition) is 9. The van der Waals surface area contributed by atoms with E-state index in [1.165, 1.54) is 24.0 Å². The molecule has 2 heterocycles. The monoisotopic (exact) mass is 676 g/mol. The van der Waals surface area contributed by atoms with Gasteiger partial charge in [-0.05, 0) is 72.1 Å². The smallest absolute Gasteiger partial charge is 0.329 e. The molecule has 14 nitrogen and oxygen atoms in total. The highest BCUT2D eigenvalue weighted by Crippen LogP contribution is 2.22. The molecule has 0 aromatic rings. The third-order valence-corrected chi connectivity index (χ3v) is 8.24. The molecule has 0 radical (unpaired) electrons. The lowest BCUT2D eigenvalue weighted by atomic mass is 9.93. The molecule has 0 saturated carbocycles. The second-order valence-corrected chi connectivity index (χ2v) is 14.0. The molecule has 5 N–H and O–H groups in total. The molecule has 1 saturated heterocycles. The van der Waals surface area contributed by atoms with Gasteiger partial charge in [-0.2, -0.15) is 0 Å². The van der Waals surface area contributed by atoms with Gasteiger partial charge in [-0.25, -0.2) is 4.79 Å². The molecule has 0 spiro atoms. The summed E-state index contributed by atoms with van der Waals surface area (Å²) in [7, 11) is 0. The van der Waals surface area contributed by atoms with Crippen LogP contribution in [0.1, 0.15) is 106 Å². The van der Waals surface area contributed by atoms with Gasteiger partial charge in [-0.15, -0.1) is 0 Å². The second-order valence-electron chi connectivity index (χ2n) is 14.0. The third kappa shape index (κ3) is 12.0. The van der Waals surface area contributed by atoms with Gasteiger partial charge in [0, 0.05) is 37.7 Å². The summed E-state index contributed by atoms with van der Waals surface area (Å²) in [5.41, 5.74) is 5.82. The van der Waals surface area contributed by atoms with Crippen LogP contribution in [-0.4, -0.2) is 100 Å². The van der Waals surface area contributed by atoms with Crippen LogP contribution in [0.3, 0.4) is 0 Å². The zero-order valence-electron chi connectivity index (χ0n) is 29.6. The minimum atomic E-state index is -1.16. The first-order chi connectivity index (χ1) is 22.5. The largest absolute Gasteiger partial charge is 0.458 e. The maximum atomic E-state index is 14.1. The molecule has 2 aliphatic rings. The van der Waals surface area contributed by atoms with E-state index in [0.717, 1.165) is 4.90 Å². The fourth-order valence-corrected chi connectivity index (χ4v) is 5.83. The number of amides is 6. The average Bonchev–Trinajstić information content (AvgIpc) is 3.30. The van der Waals surface area contributed by atoms with E-state index in [1.807, 2.05) is 6.92 Å². The van der Waals surface area contributed by atoms with Crippen LogP contribution in [0.5, 0.6) is 0 Å². The van der Waals surface area contributed by atoms with Gasteiger partial charge in [0.1, 0.15) is 29.8 Å². The number of nitrogens with zero attached hydrogens (tertiary/aromatic N) is 2. The Labute approximate surface area is 284 Å². The van der Waals surface area contributed by atoms with Gasteiger partial charge in [-0.1, -0.05) is 33.6 Å². The molecule has 6 amide bonds. The summed E-state index contributed by atoms with van der Waals surface area (Å²) in [6.45, 7) is 12.5. The van der Waals surface area contributed by atoms with Gasteiger partial charge in [-0.3, -0.25) is 33.7 Å². The highest BCUT2D eigenvalue weighted by molar-refractivity contribution is 6.12. The van der Waals surface area contributed by atoms with Crippen molar-refractivity contribution in [2.45, 2.75) is 142 Å². The SMILES string of the molecule is CCC[C@H](N)[C@@H]1C(=O)NCCCC[C@@H](C(=O)OC(C)(C)C)NC(=O)[C@H](C)NC(=O)[C@H](C(C)C)N1C(=O)CCCCCN1C(=O)C=CC1=O. The predicted molar refractivity (Wildman–Crippen MR) is 179 cm³/mol. The van der Waals surface area contributed by atoms with E-state index < -0.39 is 71.3 Å². The van der Waals surface area contributed by atoms with Crippen LogP contribution in [0, 0.1) is 5.92 Å². The lowest BCUT2D eigenvalue weighted by molar-refractivity contribution is -0.159. The van der Waals surface area contributed by atoms with E-state index in [9.17, 15) is 33.6 Å². The Morgan fingerprint density at radius 2 is 1.58 bits per heavy atom. The van der Waals surface area contributed by atoms with Crippen LogP contribution >= 0.6 is 0 Å². The molecule has 14 heteroatoms. The first-order valence-corrected chi connectivity index (χ1v) is 17.2. The molecule has 48 heavy (non-hydrogen) atoms. The highest BCUT2D eigenvalue weighted by atomic mass is 16.6. The Balaban J connectivity index is 2.37. The van der Waals surface area contributed by atoms with Gasteiger partial charge in [0.05, 0.1) is 0 Å². The molecule has 0 aromatic heterocycles. The first kappa shape index (κ1) is 40.4. The summed E-state index contributed by atoms with van der Waals surface area (Å²) >= 11 is 0. The molecule has 270 valence electrons. The van der Waals surface area contributed by atoms with Crippen molar-refractivity contribution < 1.29 is 38.3 Å². The number of carbonyl (C=O) groups excluding carboxylic acids is 7. The van der Waals surface area contributed by atoms with Crippen LogP contribution < -0.4 is 21.7 Å². The quantitative estimate of drug-likeness (QED) is 0.142. The van der Waals surface area contributed by atoms with Crippen LogP contribution in [0.15, 0.2) is 12.2 Å². The number of esters is 1. The number of nitrogens with one attached hydrogen (secondary N) is 3. The average molecular weight is 677 g/mol. The van der Waals surface area contributed by atoms with Crippen molar-refractivity contribution in [1.29, 1.82) is 0 Å². The van der Waals surface area contributed by atoms with Gasteiger partial charge < -0.3 is 31.3 Å². The number of nitrogens with two attached hydrogens (primary N) is 1. The van der Waals surface area contributed by atoms with E-state index in [2.05, 4.69) is 16.0 Å². The van der Waals surface area contributed by atoms with Crippen molar-refractivity contribution >= 4 is 41.4 Å². The molecule has 0 aliphatic carbocycles. The first-order valence-electron chi connectivity index (χ1n) is 17.2. The Bertz CT molecular complexity index is 1190. The Morgan fingerprint density at radius 1 is 0.938 bits per heavy atom.